The molecule has 1 amide bonds. The third-order valence-corrected chi connectivity index (χ3v) is 3.73. The minimum Gasteiger partial charge on any atom is -0.469 e. The molecular weight excluding hydrogens is 240 g/mol. The Morgan fingerprint density at radius 1 is 1.47 bits per heavy atom. The quantitative estimate of drug-likeness (QED) is 0.756. The average molecular weight is 264 g/mol. The lowest BCUT2D eigenvalue weighted by atomic mass is 10.1. The van der Waals surface area contributed by atoms with Crippen LogP contribution in [0, 0.1) is 5.92 Å². The highest BCUT2D eigenvalue weighted by Crippen LogP contribution is 2.32. The number of amides is 1. The third-order valence-electron chi connectivity index (χ3n) is 3.73. The van der Waals surface area contributed by atoms with Crippen LogP contribution in [0.5, 0.6) is 0 Å². The van der Waals surface area contributed by atoms with Crippen LogP contribution in [0.4, 0.5) is 0 Å². The number of rotatable bonds is 8. The number of aryl methyl sites for hydroxylation is 1. The van der Waals surface area contributed by atoms with Gasteiger partial charge in [0.1, 0.15) is 5.76 Å². The molecule has 1 fully saturated rings. The van der Waals surface area contributed by atoms with Gasteiger partial charge in [-0.05, 0) is 51.2 Å². The van der Waals surface area contributed by atoms with Gasteiger partial charge in [0.2, 0.25) is 5.91 Å². The van der Waals surface area contributed by atoms with Crippen LogP contribution in [0.2, 0.25) is 0 Å². The molecule has 0 saturated heterocycles. The Hall–Kier alpha value is -1.29. The van der Waals surface area contributed by atoms with Crippen LogP contribution in [-0.2, 0) is 11.2 Å². The largest absolute Gasteiger partial charge is 0.469 e. The molecular formula is C15H24N2O2. The number of carbonyl (C=O) groups excluding carboxylic acids is 1. The fourth-order valence-electron chi connectivity index (χ4n) is 2.20. The van der Waals surface area contributed by atoms with Crippen LogP contribution >= 0.6 is 0 Å². The molecule has 0 radical (unpaired) electrons. The highest BCUT2D eigenvalue weighted by molar-refractivity contribution is 5.78. The van der Waals surface area contributed by atoms with Crippen molar-refractivity contribution < 1.29 is 9.21 Å². The van der Waals surface area contributed by atoms with E-state index in [2.05, 4.69) is 24.5 Å². The van der Waals surface area contributed by atoms with Gasteiger partial charge >= 0.3 is 0 Å². The van der Waals surface area contributed by atoms with Crippen LogP contribution in [0.1, 0.15) is 38.9 Å². The lowest BCUT2D eigenvalue weighted by Gasteiger charge is -2.16. The van der Waals surface area contributed by atoms with Crippen molar-refractivity contribution in [3.05, 3.63) is 24.2 Å². The van der Waals surface area contributed by atoms with Crippen LogP contribution < -0.4 is 10.6 Å². The minimum atomic E-state index is 0.101. The smallest absolute Gasteiger partial charge is 0.234 e. The predicted molar refractivity (Wildman–Crippen MR) is 74.8 cm³/mol. The fourth-order valence-corrected chi connectivity index (χ4v) is 2.20. The molecule has 4 nitrogen and oxygen atoms in total. The lowest BCUT2D eigenvalue weighted by Crippen LogP contribution is -2.42. The predicted octanol–water partition coefficient (Wildman–Crippen LogP) is 2.10. The summed E-state index contributed by atoms with van der Waals surface area (Å²) in [6.45, 7) is 4.59. The second-order valence-corrected chi connectivity index (χ2v) is 5.59. The fraction of sp³-hybridized carbons (Fsp3) is 0.667. The van der Waals surface area contributed by atoms with Gasteiger partial charge in [-0.3, -0.25) is 4.79 Å². The molecule has 0 aliphatic heterocycles. The van der Waals surface area contributed by atoms with Crippen molar-refractivity contribution in [3.8, 4) is 0 Å². The first-order valence-corrected chi connectivity index (χ1v) is 7.20. The van der Waals surface area contributed by atoms with Crippen LogP contribution in [-0.4, -0.2) is 24.5 Å². The molecule has 0 unspecified atom stereocenters. The molecule has 2 rings (SSSR count). The van der Waals surface area contributed by atoms with Crippen molar-refractivity contribution in [2.45, 2.75) is 51.6 Å². The van der Waals surface area contributed by atoms with E-state index in [1.807, 2.05) is 12.1 Å². The van der Waals surface area contributed by atoms with E-state index in [-0.39, 0.29) is 5.91 Å². The Morgan fingerprint density at radius 3 is 2.89 bits per heavy atom. The first-order valence-electron chi connectivity index (χ1n) is 7.20. The van der Waals surface area contributed by atoms with Crippen LogP contribution in [0.3, 0.4) is 0 Å². The molecule has 19 heavy (non-hydrogen) atoms. The topological polar surface area (TPSA) is 54.3 Å². The normalized spacial score (nSPS) is 18.0. The number of furan rings is 1. The zero-order valence-corrected chi connectivity index (χ0v) is 11.8. The summed E-state index contributed by atoms with van der Waals surface area (Å²) in [6.07, 6.45) is 6.09. The maximum atomic E-state index is 11.7. The molecule has 1 heterocycles. The zero-order valence-electron chi connectivity index (χ0n) is 11.8. The summed E-state index contributed by atoms with van der Waals surface area (Å²) in [5, 5.41) is 6.30. The number of hydrogen-bond donors (Lipinski definition) is 2. The van der Waals surface area contributed by atoms with Crippen molar-refractivity contribution in [1.29, 1.82) is 0 Å². The van der Waals surface area contributed by atoms with Crippen LogP contribution in [0.15, 0.2) is 22.8 Å². The second-order valence-electron chi connectivity index (χ2n) is 5.59. The molecule has 0 spiro atoms. The summed E-state index contributed by atoms with van der Waals surface area (Å²) in [5.41, 5.74) is 0. The maximum absolute atomic E-state index is 11.7. The molecule has 1 aromatic heterocycles. The zero-order chi connectivity index (χ0) is 13.7. The van der Waals surface area contributed by atoms with Crippen molar-refractivity contribution in [2.75, 3.05) is 6.54 Å². The van der Waals surface area contributed by atoms with E-state index in [4.69, 9.17) is 4.42 Å². The molecule has 2 atom stereocenters. The van der Waals surface area contributed by atoms with Gasteiger partial charge in [0.15, 0.2) is 0 Å². The van der Waals surface area contributed by atoms with Gasteiger partial charge in [0.25, 0.3) is 0 Å². The molecule has 106 valence electrons. The van der Waals surface area contributed by atoms with E-state index in [1.54, 1.807) is 6.26 Å². The molecule has 1 aromatic rings. The van der Waals surface area contributed by atoms with Gasteiger partial charge in [0, 0.05) is 18.5 Å². The number of hydrogen-bond acceptors (Lipinski definition) is 3. The third kappa shape index (κ3) is 5.07. The van der Waals surface area contributed by atoms with E-state index in [9.17, 15) is 4.79 Å². The molecule has 4 heteroatoms. The van der Waals surface area contributed by atoms with Crippen molar-refractivity contribution in [1.82, 2.24) is 10.6 Å². The SMILES string of the molecule is C[C@H](NC(=O)CN[C@@H](C)CCc1ccco1)C1CC1. The Kier molecular flexibility index (Phi) is 5.02. The summed E-state index contributed by atoms with van der Waals surface area (Å²) >= 11 is 0. The molecule has 1 aliphatic rings. The molecule has 1 saturated carbocycles. The lowest BCUT2D eigenvalue weighted by molar-refractivity contribution is -0.121. The van der Waals surface area contributed by atoms with E-state index < -0.39 is 0 Å². The standard InChI is InChI=1S/C15H24N2O2/c1-11(5-8-14-4-3-9-19-14)16-10-15(18)17-12(2)13-6-7-13/h3-4,9,11-13,16H,5-8,10H2,1-2H3,(H,17,18)/t11-,12-/m0/s1. The monoisotopic (exact) mass is 264 g/mol. The summed E-state index contributed by atoms with van der Waals surface area (Å²) in [5.74, 6) is 1.81. The van der Waals surface area contributed by atoms with E-state index in [1.165, 1.54) is 12.8 Å². The maximum Gasteiger partial charge on any atom is 0.234 e. The van der Waals surface area contributed by atoms with Crippen molar-refractivity contribution >= 4 is 5.91 Å². The summed E-state index contributed by atoms with van der Waals surface area (Å²) in [4.78, 5) is 11.7. The van der Waals surface area contributed by atoms with E-state index in [0.29, 0.717) is 24.5 Å². The van der Waals surface area contributed by atoms with Gasteiger partial charge in [0.05, 0.1) is 12.8 Å². The number of carbonyl (C=O) groups is 1. The van der Waals surface area contributed by atoms with E-state index >= 15 is 0 Å². The van der Waals surface area contributed by atoms with Crippen LogP contribution in [0.25, 0.3) is 0 Å². The van der Waals surface area contributed by atoms with Crippen molar-refractivity contribution in [3.63, 3.8) is 0 Å². The first kappa shape index (κ1) is 14.1. The Morgan fingerprint density at radius 2 is 2.26 bits per heavy atom. The Balaban J connectivity index is 1.57. The highest BCUT2D eigenvalue weighted by atomic mass is 16.3. The Labute approximate surface area is 114 Å². The number of nitrogens with one attached hydrogen (secondary N) is 2. The highest BCUT2D eigenvalue weighted by Gasteiger charge is 2.28. The van der Waals surface area contributed by atoms with E-state index in [0.717, 1.165) is 18.6 Å². The molecule has 0 aromatic carbocycles. The van der Waals surface area contributed by atoms with Gasteiger partial charge in [-0.15, -0.1) is 0 Å². The summed E-state index contributed by atoms with van der Waals surface area (Å²) in [6, 6.07) is 4.52. The van der Waals surface area contributed by atoms with Gasteiger partial charge in [-0.2, -0.15) is 0 Å². The van der Waals surface area contributed by atoms with Crippen molar-refractivity contribution in [2.24, 2.45) is 5.92 Å². The first-order chi connectivity index (χ1) is 9.15. The average Bonchev–Trinajstić information content (AvgIpc) is 3.11. The summed E-state index contributed by atoms with van der Waals surface area (Å²) in [7, 11) is 0. The molecule has 0 bridgehead atoms. The minimum absolute atomic E-state index is 0.101. The van der Waals surface area contributed by atoms with Gasteiger partial charge in [-0.25, -0.2) is 0 Å². The van der Waals surface area contributed by atoms with Gasteiger partial charge < -0.3 is 15.1 Å². The Bertz CT molecular complexity index is 385. The summed E-state index contributed by atoms with van der Waals surface area (Å²) < 4.78 is 5.29. The molecule has 2 N–H and O–H groups in total. The molecule has 1 aliphatic carbocycles. The van der Waals surface area contributed by atoms with Gasteiger partial charge in [-0.1, -0.05) is 0 Å². The second kappa shape index (κ2) is 6.75.